The van der Waals surface area contributed by atoms with Gasteiger partial charge in [0.15, 0.2) is 0 Å². The van der Waals surface area contributed by atoms with Crippen molar-refractivity contribution in [2.24, 2.45) is 0 Å². The largest absolute Gasteiger partial charge is 0.481 e. The molecule has 1 aromatic carbocycles. The van der Waals surface area contributed by atoms with Crippen LogP contribution in [-0.2, 0) is 21.2 Å². The van der Waals surface area contributed by atoms with Gasteiger partial charge < -0.3 is 5.11 Å². The minimum atomic E-state index is -3.53. The van der Waals surface area contributed by atoms with Crippen LogP contribution in [0, 0.1) is 0 Å². The van der Waals surface area contributed by atoms with Gasteiger partial charge in [0, 0.05) is 6.04 Å². The van der Waals surface area contributed by atoms with E-state index in [0.717, 1.165) is 0 Å². The quantitative estimate of drug-likeness (QED) is 0.797. The maximum absolute atomic E-state index is 12.1. The monoisotopic (exact) mass is 281 g/mol. The summed E-state index contributed by atoms with van der Waals surface area (Å²) in [6.07, 6.45) is 5.19. The zero-order valence-corrected chi connectivity index (χ0v) is 11.1. The van der Waals surface area contributed by atoms with Crippen LogP contribution in [0.25, 0.3) is 0 Å². The van der Waals surface area contributed by atoms with Crippen LogP contribution in [0.1, 0.15) is 18.4 Å². The summed E-state index contributed by atoms with van der Waals surface area (Å²) in [5.74, 6) is -0.939. The van der Waals surface area contributed by atoms with E-state index in [1.54, 1.807) is 0 Å². The molecule has 0 saturated carbocycles. The summed E-state index contributed by atoms with van der Waals surface area (Å²) in [4.78, 5) is 10.7. The van der Waals surface area contributed by atoms with Crippen LogP contribution in [0.5, 0.6) is 0 Å². The van der Waals surface area contributed by atoms with E-state index in [0.29, 0.717) is 18.4 Å². The third-order valence-corrected chi connectivity index (χ3v) is 4.46. The van der Waals surface area contributed by atoms with Gasteiger partial charge in [-0.1, -0.05) is 24.3 Å². The molecule has 102 valence electrons. The Labute approximate surface area is 112 Å². The summed E-state index contributed by atoms with van der Waals surface area (Å²) in [6, 6.07) is 5.83. The molecule has 0 unspecified atom stereocenters. The van der Waals surface area contributed by atoms with Crippen LogP contribution >= 0.6 is 0 Å². The molecule has 1 aromatic rings. The van der Waals surface area contributed by atoms with Crippen LogP contribution in [0.2, 0.25) is 0 Å². The van der Waals surface area contributed by atoms with Crippen LogP contribution in [-0.4, -0.2) is 25.5 Å². The van der Waals surface area contributed by atoms with Gasteiger partial charge in [0.1, 0.15) is 0 Å². The van der Waals surface area contributed by atoms with E-state index in [2.05, 4.69) is 4.72 Å². The van der Waals surface area contributed by atoms with E-state index >= 15 is 0 Å². The van der Waals surface area contributed by atoms with Crippen molar-refractivity contribution in [2.75, 3.05) is 0 Å². The van der Waals surface area contributed by atoms with Crippen molar-refractivity contribution in [3.63, 3.8) is 0 Å². The van der Waals surface area contributed by atoms with Gasteiger partial charge in [-0.15, -0.1) is 0 Å². The summed E-state index contributed by atoms with van der Waals surface area (Å²) < 4.78 is 26.8. The first kappa shape index (κ1) is 13.8. The zero-order valence-electron chi connectivity index (χ0n) is 10.2. The summed E-state index contributed by atoms with van der Waals surface area (Å²) in [6.45, 7) is 0. The van der Waals surface area contributed by atoms with Gasteiger partial charge in [-0.05, 0) is 30.5 Å². The maximum Gasteiger partial charge on any atom is 0.307 e. The molecule has 0 amide bonds. The molecule has 6 heteroatoms. The second-order valence-corrected chi connectivity index (χ2v) is 6.19. The van der Waals surface area contributed by atoms with Crippen molar-refractivity contribution in [1.29, 1.82) is 0 Å². The molecule has 0 fully saturated rings. The lowest BCUT2D eigenvalue weighted by Crippen LogP contribution is -2.32. The molecule has 5 nitrogen and oxygen atoms in total. The fourth-order valence-corrected chi connectivity index (χ4v) is 3.22. The molecule has 0 heterocycles. The fraction of sp³-hybridized carbons (Fsp3) is 0.308. The molecule has 1 aliphatic rings. The Bertz CT molecular complexity index is 582. The van der Waals surface area contributed by atoms with Gasteiger partial charge >= 0.3 is 5.97 Å². The van der Waals surface area contributed by atoms with Gasteiger partial charge in [0.2, 0.25) is 10.0 Å². The molecule has 0 saturated heterocycles. The Morgan fingerprint density at radius 3 is 2.32 bits per heavy atom. The molecular weight excluding hydrogens is 266 g/mol. The summed E-state index contributed by atoms with van der Waals surface area (Å²) >= 11 is 0. The van der Waals surface area contributed by atoms with E-state index < -0.39 is 16.0 Å². The van der Waals surface area contributed by atoms with Crippen LogP contribution in [0.3, 0.4) is 0 Å². The van der Waals surface area contributed by atoms with Crippen molar-refractivity contribution in [1.82, 2.24) is 4.72 Å². The highest BCUT2D eigenvalue weighted by atomic mass is 32.2. The molecule has 0 spiro atoms. The van der Waals surface area contributed by atoms with Crippen molar-refractivity contribution >= 4 is 16.0 Å². The number of hydrogen-bond acceptors (Lipinski definition) is 3. The maximum atomic E-state index is 12.1. The Hall–Kier alpha value is -1.66. The minimum absolute atomic E-state index is 0.0799. The molecular formula is C13H15NO4S. The zero-order chi connectivity index (χ0) is 13.9. The standard InChI is InChI=1S/C13H15NO4S/c15-13(16)9-10-5-7-12(8-6-10)19(17,18)14-11-3-1-2-4-11/h1-2,5-8,11,14H,3-4,9H2,(H,15,16). The van der Waals surface area contributed by atoms with Crippen molar-refractivity contribution < 1.29 is 18.3 Å². The first-order chi connectivity index (χ1) is 8.97. The number of carboxylic acid groups (broad SMARTS) is 1. The van der Waals surface area contributed by atoms with Crippen molar-refractivity contribution in [2.45, 2.75) is 30.2 Å². The van der Waals surface area contributed by atoms with E-state index in [1.165, 1.54) is 24.3 Å². The smallest absolute Gasteiger partial charge is 0.307 e. The third-order valence-electron chi connectivity index (χ3n) is 2.92. The molecule has 0 atom stereocenters. The second-order valence-electron chi connectivity index (χ2n) is 4.48. The van der Waals surface area contributed by atoms with E-state index in [1.807, 2.05) is 12.2 Å². The van der Waals surface area contributed by atoms with Crippen LogP contribution < -0.4 is 4.72 Å². The molecule has 1 aliphatic carbocycles. The number of aliphatic carboxylic acids is 1. The average Bonchev–Trinajstić information content (AvgIpc) is 2.81. The van der Waals surface area contributed by atoms with Gasteiger partial charge in [0.25, 0.3) is 0 Å². The van der Waals surface area contributed by atoms with E-state index in [9.17, 15) is 13.2 Å². The molecule has 0 radical (unpaired) electrons. The molecule has 19 heavy (non-hydrogen) atoms. The Balaban J connectivity index is 2.09. The summed E-state index contributed by atoms with van der Waals surface area (Å²) in [5, 5.41) is 8.65. The Morgan fingerprint density at radius 1 is 1.21 bits per heavy atom. The number of carboxylic acids is 1. The minimum Gasteiger partial charge on any atom is -0.481 e. The lowest BCUT2D eigenvalue weighted by atomic mass is 10.2. The summed E-state index contributed by atoms with van der Waals surface area (Å²) in [5.41, 5.74) is 0.578. The third kappa shape index (κ3) is 3.65. The summed E-state index contributed by atoms with van der Waals surface area (Å²) in [7, 11) is -3.53. The SMILES string of the molecule is O=C(O)Cc1ccc(S(=O)(=O)NC2CC=CC2)cc1. The fourth-order valence-electron chi connectivity index (χ4n) is 1.96. The van der Waals surface area contributed by atoms with Crippen molar-refractivity contribution in [3.8, 4) is 0 Å². The molecule has 0 aromatic heterocycles. The second kappa shape index (κ2) is 5.54. The molecule has 0 aliphatic heterocycles. The number of rotatable bonds is 5. The highest BCUT2D eigenvalue weighted by Gasteiger charge is 2.20. The lowest BCUT2D eigenvalue weighted by molar-refractivity contribution is -0.136. The van der Waals surface area contributed by atoms with Gasteiger partial charge in [-0.2, -0.15) is 0 Å². The first-order valence-corrected chi connectivity index (χ1v) is 7.44. The molecule has 0 bridgehead atoms. The Kier molecular flexibility index (Phi) is 4.01. The topological polar surface area (TPSA) is 83.5 Å². The lowest BCUT2D eigenvalue weighted by Gasteiger charge is -2.12. The molecule has 2 rings (SSSR count). The Morgan fingerprint density at radius 2 is 1.79 bits per heavy atom. The highest BCUT2D eigenvalue weighted by molar-refractivity contribution is 7.89. The van der Waals surface area contributed by atoms with Crippen LogP contribution in [0.15, 0.2) is 41.3 Å². The first-order valence-electron chi connectivity index (χ1n) is 5.95. The predicted molar refractivity (Wildman–Crippen MR) is 70.3 cm³/mol. The number of carbonyl (C=O) groups is 1. The van der Waals surface area contributed by atoms with Gasteiger partial charge in [0.05, 0.1) is 11.3 Å². The molecule has 2 N–H and O–H groups in total. The highest BCUT2D eigenvalue weighted by Crippen LogP contribution is 2.15. The van der Waals surface area contributed by atoms with Crippen molar-refractivity contribution in [3.05, 3.63) is 42.0 Å². The number of hydrogen-bond donors (Lipinski definition) is 2. The van der Waals surface area contributed by atoms with Gasteiger partial charge in [-0.25, -0.2) is 13.1 Å². The number of nitrogens with one attached hydrogen (secondary N) is 1. The number of benzene rings is 1. The van der Waals surface area contributed by atoms with E-state index in [4.69, 9.17) is 5.11 Å². The predicted octanol–water partition coefficient (Wildman–Crippen LogP) is 1.31. The number of sulfonamides is 1. The normalized spacial score (nSPS) is 15.8. The van der Waals surface area contributed by atoms with Gasteiger partial charge in [-0.3, -0.25) is 4.79 Å². The average molecular weight is 281 g/mol. The van der Waals surface area contributed by atoms with Crippen LogP contribution in [0.4, 0.5) is 0 Å². The van der Waals surface area contributed by atoms with E-state index in [-0.39, 0.29) is 17.4 Å².